The molecule has 1 atom stereocenters. The second-order valence-corrected chi connectivity index (χ2v) is 5.63. The van der Waals surface area contributed by atoms with Crippen LogP contribution in [0, 0.1) is 0 Å². The summed E-state index contributed by atoms with van der Waals surface area (Å²) in [6, 6.07) is 9.02. The molecule has 0 bridgehead atoms. The van der Waals surface area contributed by atoms with Gasteiger partial charge < -0.3 is 5.32 Å². The zero-order chi connectivity index (χ0) is 11.8. The van der Waals surface area contributed by atoms with Crippen molar-refractivity contribution in [3.63, 3.8) is 0 Å². The lowest BCUT2D eigenvalue weighted by Crippen LogP contribution is -2.27. The van der Waals surface area contributed by atoms with Crippen LogP contribution in [0.1, 0.15) is 12.8 Å². The van der Waals surface area contributed by atoms with Gasteiger partial charge in [0.1, 0.15) is 0 Å². The quantitative estimate of drug-likeness (QED) is 0.601. The van der Waals surface area contributed by atoms with Crippen LogP contribution in [0.5, 0.6) is 0 Å². The molecule has 0 aliphatic rings. The number of hydrogen-bond donors (Lipinski definition) is 1. The summed E-state index contributed by atoms with van der Waals surface area (Å²) in [6.07, 6.45) is 4.21. The van der Waals surface area contributed by atoms with Crippen molar-refractivity contribution in [2.75, 3.05) is 12.8 Å². The molecule has 0 spiro atoms. The Morgan fingerprint density at radius 2 is 2.12 bits per heavy atom. The van der Waals surface area contributed by atoms with Crippen molar-refractivity contribution < 1.29 is 0 Å². The highest BCUT2D eigenvalue weighted by atomic mass is 79.9. The van der Waals surface area contributed by atoms with Crippen molar-refractivity contribution in [1.82, 2.24) is 5.32 Å². The fourth-order valence-electron chi connectivity index (χ4n) is 1.36. The molecular formula is C13H18BrNS. The second kappa shape index (κ2) is 7.93. The molecule has 1 aromatic rings. The lowest BCUT2D eigenvalue weighted by Gasteiger charge is -2.14. The molecule has 0 saturated heterocycles. The van der Waals surface area contributed by atoms with Crippen molar-refractivity contribution in [2.45, 2.75) is 23.8 Å². The van der Waals surface area contributed by atoms with Crippen LogP contribution in [0.4, 0.5) is 0 Å². The minimum atomic E-state index is 0.562. The lowest BCUT2D eigenvalue weighted by molar-refractivity contribution is 0.579. The van der Waals surface area contributed by atoms with Crippen LogP contribution in [-0.2, 0) is 0 Å². The summed E-state index contributed by atoms with van der Waals surface area (Å²) < 4.78 is 1.13. The highest BCUT2D eigenvalue weighted by molar-refractivity contribution is 9.10. The van der Waals surface area contributed by atoms with E-state index >= 15 is 0 Å². The molecule has 1 rings (SSSR count). The van der Waals surface area contributed by atoms with Crippen LogP contribution in [0.25, 0.3) is 0 Å². The number of rotatable bonds is 7. The zero-order valence-corrected chi connectivity index (χ0v) is 12.0. The Labute approximate surface area is 111 Å². The van der Waals surface area contributed by atoms with Gasteiger partial charge in [0.15, 0.2) is 0 Å². The number of halogens is 1. The standard InChI is InChI=1S/C13H18BrNS/c1-3-4-5-12(15-2)10-16-13-8-6-11(14)7-9-13/h3,6-9,12,15H,1,4-5,10H2,2H3. The number of hydrogen-bond acceptors (Lipinski definition) is 2. The molecule has 0 aliphatic carbocycles. The first-order valence-corrected chi connectivity index (χ1v) is 7.20. The van der Waals surface area contributed by atoms with E-state index in [0.717, 1.165) is 23.1 Å². The Morgan fingerprint density at radius 3 is 2.69 bits per heavy atom. The van der Waals surface area contributed by atoms with E-state index in [-0.39, 0.29) is 0 Å². The van der Waals surface area contributed by atoms with E-state index in [0.29, 0.717) is 6.04 Å². The first kappa shape index (κ1) is 13.8. The van der Waals surface area contributed by atoms with E-state index in [1.165, 1.54) is 4.90 Å². The van der Waals surface area contributed by atoms with Gasteiger partial charge in [-0.15, -0.1) is 18.3 Å². The van der Waals surface area contributed by atoms with Crippen molar-refractivity contribution in [2.24, 2.45) is 0 Å². The smallest absolute Gasteiger partial charge is 0.0176 e. The van der Waals surface area contributed by atoms with Gasteiger partial charge in [-0.05, 0) is 44.2 Å². The number of nitrogens with one attached hydrogen (secondary N) is 1. The molecule has 1 nitrogen and oxygen atoms in total. The van der Waals surface area contributed by atoms with Gasteiger partial charge >= 0.3 is 0 Å². The van der Waals surface area contributed by atoms with Crippen LogP contribution in [0.2, 0.25) is 0 Å². The SMILES string of the molecule is C=CCCC(CSc1ccc(Br)cc1)NC. The second-order valence-electron chi connectivity index (χ2n) is 3.62. The normalized spacial score (nSPS) is 12.4. The Balaban J connectivity index is 2.36. The minimum Gasteiger partial charge on any atom is -0.316 e. The molecule has 0 saturated carbocycles. The van der Waals surface area contributed by atoms with E-state index in [1.54, 1.807) is 0 Å². The third-order valence-corrected chi connectivity index (χ3v) is 4.10. The molecule has 1 N–H and O–H groups in total. The third kappa shape index (κ3) is 5.19. The summed E-state index contributed by atoms with van der Waals surface area (Å²) in [6.45, 7) is 3.76. The molecule has 0 heterocycles. The van der Waals surface area contributed by atoms with Crippen molar-refractivity contribution in [1.29, 1.82) is 0 Å². The Morgan fingerprint density at radius 1 is 1.44 bits per heavy atom. The molecule has 1 unspecified atom stereocenters. The lowest BCUT2D eigenvalue weighted by atomic mass is 10.2. The maximum absolute atomic E-state index is 3.76. The molecule has 0 aromatic heterocycles. The molecule has 0 amide bonds. The van der Waals surface area contributed by atoms with E-state index in [9.17, 15) is 0 Å². The number of thioether (sulfide) groups is 1. The van der Waals surface area contributed by atoms with Gasteiger partial charge in [-0.2, -0.15) is 0 Å². The van der Waals surface area contributed by atoms with Crippen molar-refractivity contribution in [3.05, 3.63) is 41.4 Å². The van der Waals surface area contributed by atoms with Crippen molar-refractivity contribution >= 4 is 27.7 Å². The molecule has 16 heavy (non-hydrogen) atoms. The topological polar surface area (TPSA) is 12.0 Å². The van der Waals surface area contributed by atoms with E-state index < -0.39 is 0 Å². The largest absolute Gasteiger partial charge is 0.316 e. The average Bonchev–Trinajstić information content (AvgIpc) is 2.32. The van der Waals surface area contributed by atoms with Crippen LogP contribution in [0.3, 0.4) is 0 Å². The summed E-state index contributed by atoms with van der Waals surface area (Å²) in [7, 11) is 2.02. The molecule has 88 valence electrons. The van der Waals surface area contributed by atoms with E-state index in [4.69, 9.17) is 0 Å². The van der Waals surface area contributed by atoms with E-state index in [2.05, 4.69) is 52.1 Å². The predicted molar refractivity (Wildman–Crippen MR) is 77.1 cm³/mol. The van der Waals surface area contributed by atoms with Gasteiger partial charge in [-0.3, -0.25) is 0 Å². The molecule has 3 heteroatoms. The monoisotopic (exact) mass is 299 g/mol. The zero-order valence-electron chi connectivity index (χ0n) is 9.58. The molecule has 0 radical (unpaired) electrons. The first-order chi connectivity index (χ1) is 7.76. The summed E-state index contributed by atoms with van der Waals surface area (Å²) in [5.74, 6) is 1.10. The van der Waals surface area contributed by atoms with Crippen LogP contribution in [-0.4, -0.2) is 18.8 Å². The Bertz CT molecular complexity index is 310. The maximum Gasteiger partial charge on any atom is 0.0176 e. The van der Waals surface area contributed by atoms with E-state index in [1.807, 2.05) is 24.9 Å². The highest BCUT2D eigenvalue weighted by Gasteiger charge is 2.05. The summed E-state index contributed by atoms with van der Waals surface area (Å²) >= 11 is 5.34. The van der Waals surface area contributed by atoms with Gasteiger partial charge in [-0.25, -0.2) is 0 Å². The summed E-state index contributed by atoms with van der Waals surface area (Å²) in [5, 5.41) is 3.34. The fourth-order valence-corrected chi connectivity index (χ4v) is 2.68. The Hall–Kier alpha value is -0.250. The summed E-state index contributed by atoms with van der Waals surface area (Å²) in [4.78, 5) is 1.32. The van der Waals surface area contributed by atoms with Crippen LogP contribution in [0.15, 0.2) is 46.3 Å². The van der Waals surface area contributed by atoms with Gasteiger partial charge in [0.05, 0.1) is 0 Å². The molecule has 1 aromatic carbocycles. The minimum absolute atomic E-state index is 0.562. The first-order valence-electron chi connectivity index (χ1n) is 5.42. The van der Waals surface area contributed by atoms with Gasteiger partial charge in [0, 0.05) is 21.2 Å². The van der Waals surface area contributed by atoms with Gasteiger partial charge in [0.25, 0.3) is 0 Å². The van der Waals surface area contributed by atoms with Crippen LogP contribution < -0.4 is 5.32 Å². The third-order valence-electron chi connectivity index (χ3n) is 2.39. The van der Waals surface area contributed by atoms with Crippen molar-refractivity contribution in [3.8, 4) is 0 Å². The molecule has 0 aliphatic heterocycles. The van der Waals surface area contributed by atoms with Crippen LogP contribution >= 0.6 is 27.7 Å². The van der Waals surface area contributed by atoms with Gasteiger partial charge in [0.2, 0.25) is 0 Å². The maximum atomic E-state index is 3.76. The fraction of sp³-hybridized carbons (Fsp3) is 0.385. The number of allylic oxidation sites excluding steroid dienone is 1. The molecule has 0 fully saturated rings. The summed E-state index contributed by atoms with van der Waals surface area (Å²) in [5.41, 5.74) is 0. The Kier molecular flexibility index (Phi) is 6.85. The average molecular weight is 300 g/mol. The number of benzene rings is 1. The highest BCUT2D eigenvalue weighted by Crippen LogP contribution is 2.22. The predicted octanol–water partition coefficient (Wildman–Crippen LogP) is 4.10. The van der Waals surface area contributed by atoms with Gasteiger partial charge in [-0.1, -0.05) is 22.0 Å². The molecular weight excluding hydrogens is 282 g/mol.